The third-order valence-electron chi connectivity index (χ3n) is 2.12. The van der Waals surface area contributed by atoms with Gasteiger partial charge in [0.2, 0.25) is 5.88 Å². The molecule has 0 unspecified atom stereocenters. The lowest BCUT2D eigenvalue weighted by atomic mass is 10.4. The molecule has 2 rings (SSSR count). The van der Waals surface area contributed by atoms with Crippen LogP contribution in [0.1, 0.15) is 0 Å². The van der Waals surface area contributed by atoms with Gasteiger partial charge in [-0.1, -0.05) is 0 Å². The number of imidazole rings is 1. The molecule has 0 saturated heterocycles. The maximum absolute atomic E-state index is 12.3. The summed E-state index contributed by atoms with van der Waals surface area (Å²) in [6.45, 7) is -0.473. The Kier molecular flexibility index (Phi) is 2.86. The molecule has 0 aliphatic heterocycles. The Balaban J connectivity index is 2.61. The third-order valence-corrected chi connectivity index (χ3v) is 2.44. The smallest absolute Gasteiger partial charge is 0.256 e. The van der Waals surface area contributed by atoms with E-state index in [1.165, 1.54) is 11.7 Å². The number of H-pyrrole nitrogens is 1. The van der Waals surface area contributed by atoms with E-state index < -0.39 is 13.0 Å². The van der Waals surface area contributed by atoms with Crippen LogP contribution >= 0.6 is 12.2 Å². The summed E-state index contributed by atoms with van der Waals surface area (Å²) in [5.41, 5.74) is 0.996. The number of aromatic amines is 1. The number of methoxy groups -OCH3 is 1. The van der Waals surface area contributed by atoms with Crippen molar-refractivity contribution >= 4 is 23.4 Å². The molecular weight excluding hydrogens is 236 g/mol. The lowest BCUT2D eigenvalue weighted by molar-refractivity contribution is 0.127. The summed E-state index contributed by atoms with van der Waals surface area (Å²) in [6, 6.07) is 3.33. The van der Waals surface area contributed by atoms with Gasteiger partial charge in [-0.05, 0) is 18.3 Å². The van der Waals surface area contributed by atoms with Crippen molar-refractivity contribution in [1.82, 2.24) is 14.5 Å². The standard InChI is InChI=1S/C9H9F2N3OS/c1-15-7-3-2-5-8(13-7)14(4-6(10)11)9(16)12-5/h2-3,6H,4H2,1H3,(H,12,16). The number of pyridine rings is 1. The molecule has 7 heteroatoms. The zero-order chi connectivity index (χ0) is 11.7. The number of hydrogen-bond acceptors (Lipinski definition) is 3. The molecule has 0 aromatic carbocycles. The number of halogens is 2. The maximum Gasteiger partial charge on any atom is 0.256 e. The summed E-state index contributed by atoms with van der Waals surface area (Å²) in [6.07, 6.45) is -2.47. The van der Waals surface area contributed by atoms with Crippen molar-refractivity contribution in [2.24, 2.45) is 0 Å². The summed E-state index contributed by atoms with van der Waals surface area (Å²) >= 11 is 4.94. The van der Waals surface area contributed by atoms with Gasteiger partial charge in [0, 0.05) is 6.07 Å². The van der Waals surface area contributed by atoms with Gasteiger partial charge in [0.25, 0.3) is 6.43 Å². The second-order valence-corrected chi connectivity index (χ2v) is 3.54. The van der Waals surface area contributed by atoms with Gasteiger partial charge in [0.15, 0.2) is 10.4 Å². The van der Waals surface area contributed by atoms with Crippen LogP contribution in [0.25, 0.3) is 11.2 Å². The van der Waals surface area contributed by atoms with Crippen LogP contribution in [0.5, 0.6) is 5.88 Å². The summed E-state index contributed by atoms with van der Waals surface area (Å²) in [4.78, 5) is 6.89. The molecule has 4 nitrogen and oxygen atoms in total. The molecule has 86 valence electrons. The van der Waals surface area contributed by atoms with Crippen molar-refractivity contribution in [3.8, 4) is 5.88 Å². The largest absolute Gasteiger partial charge is 0.481 e. The second-order valence-electron chi connectivity index (χ2n) is 3.16. The van der Waals surface area contributed by atoms with Crippen LogP contribution in [-0.2, 0) is 6.54 Å². The molecule has 0 bridgehead atoms. The lowest BCUT2D eigenvalue weighted by Crippen LogP contribution is -2.07. The van der Waals surface area contributed by atoms with Crippen LogP contribution in [0.2, 0.25) is 0 Å². The second kappa shape index (κ2) is 4.17. The number of hydrogen-bond donors (Lipinski definition) is 1. The molecule has 0 fully saturated rings. The van der Waals surface area contributed by atoms with Gasteiger partial charge in [-0.2, -0.15) is 4.98 Å². The van der Waals surface area contributed by atoms with E-state index in [4.69, 9.17) is 17.0 Å². The zero-order valence-corrected chi connectivity index (χ0v) is 9.22. The molecule has 2 aromatic rings. The number of fused-ring (bicyclic) bond motifs is 1. The van der Waals surface area contributed by atoms with Crippen LogP contribution in [-0.4, -0.2) is 28.1 Å². The van der Waals surface area contributed by atoms with E-state index in [1.807, 2.05) is 0 Å². The van der Waals surface area contributed by atoms with Crippen molar-refractivity contribution in [1.29, 1.82) is 0 Å². The normalized spacial score (nSPS) is 11.2. The van der Waals surface area contributed by atoms with Crippen LogP contribution < -0.4 is 4.74 Å². The molecular formula is C9H9F2N3OS. The minimum Gasteiger partial charge on any atom is -0.481 e. The Labute approximate surface area is 94.9 Å². The molecule has 1 N–H and O–H groups in total. The van der Waals surface area contributed by atoms with Crippen LogP contribution in [0.15, 0.2) is 12.1 Å². The van der Waals surface area contributed by atoms with Gasteiger partial charge < -0.3 is 9.72 Å². The summed E-state index contributed by atoms with van der Waals surface area (Å²) < 4.78 is 31.1. The lowest BCUT2D eigenvalue weighted by Gasteiger charge is -2.03. The Morgan fingerprint density at radius 3 is 2.94 bits per heavy atom. The van der Waals surface area contributed by atoms with E-state index in [-0.39, 0.29) is 4.77 Å². The SMILES string of the molecule is COc1ccc2[nH]c(=S)n(CC(F)F)c2n1. The average molecular weight is 245 g/mol. The topological polar surface area (TPSA) is 42.8 Å². The van der Waals surface area contributed by atoms with E-state index in [0.717, 1.165) is 0 Å². The minimum absolute atomic E-state index is 0.232. The molecule has 0 saturated carbocycles. The minimum atomic E-state index is -2.47. The predicted octanol–water partition coefficient (Wildman–Crippen LogP) is 2.37. The van der Waals surface area contributed by atoms with Crippen molar-refractivity contribution in [2.45, 2.75) is 13.0 Å². The van der Waals surface area contributed by atoms with E-state index in [1.54, 1.807) is 12.1 Å². The first kappa shape index (κ1) is 11.0. The number of nitrogens with zero attached hydrogens (tertiary/aromatic N) is 2. The van der Waals surface area contributed by atoms with Gasteiger partial charge in [-0.25, -0.2) is 8.78 Å². The molecule has 0 aliphatic carbocycles. The first-order chi connectivity index (χ1) is 7.61. The van der Waals surface area contributed by atoms with Gasteiger partial charge in [0.05, 0.1) is 19.2 Å². The number of ether oxygens (including phenoxy) is 1. The molecule has 0 amide bonds. The highest BCUT2D eigenvalue weighted by molar-refractivity contribution is 7.71. The van der Waals surface area contributed by atoms with Crippen molar-refractivity contribution in [3.05, 3.63) is 16.9 Å². The highest BCUT2D eigenvalue weighted by Gasteiger charge is 2.11. The van der Waals surface area contributed by atoms with Crippen LogP contribution in [0.3, 0.4) is 0 Å². The fraction of sp³-hybridized carbons (Fsp3) is 0.333. The number of aromatic nitrogens is 3. The fourth-order valence-electron chi connectivity index (χ4n) is 1.43. The molecule has 0 atom stereocenters. The quantitative estimate of drug-likeness (QED) is 0.844. The Morgan fingerprint density at radius 2 is 2.31 bits per heavy atom. The highest BCUT2D eigenvalue weighted by Crippen LogP contribution is 2.17. The van der Waals surface area contributed by atoms with E-state index in [0.29, 0.717) is 17.0 Å². The molecule has 2 heterocycles. The van der Waals surface area contributed by atoms with E-state index in [2.05, 4.69) is 9.97 Å². The number of rotatable bonds is 3. The average Bonchev–Trinajstić information content (AvgIpc) is 2.54. The van der Waals surface area contributed by atoms with E-state index in [9.17, 15) is 8.78 Å². The van der Waals surface area contributed by atoms with Gasteiger partial charge in [-0.15, -0.1) is 0 Å². The van der Waals surface area contributed by atoms with Crippen LogP contribution in [0, 0.1) is 4.77 Å². The Bertz CT molecular complexity index is 563. The predicted molar refractivity (Wildman–Crippen MR) is 57.5 cm³/mol. The van der Waals surface area contributed by atoms with Gasteiger partial charge >= 0.3 is 0 Å². The fourth-order valence-corrected chi connectivity index (χ4v) is 1.71. The van der Waals surface area contributed by atoms with E-state index >= 15 is 0 Å². The third kappa shape index (κ3) is 1.90. The molecule has 0 radical (unpaired) electrons. The first-order valence-corrected chi connectivity index (χ1v) is 4.94. The van der Waals surface area contributed by atoms with Gasteiger partial charge in [0.1, 0.15) is 0 Å². The van der Waals surface area contributed by atoms with Crippen LogP contribution in [0.4, 0.5) is 8.78 Å². The Morgan fingerprint density at radius 1 is 1.56 bits per heavy atom. The zero-order valence-electron chi connectivity index (χ0n) is 8.41. The molecule has 0 aliphatic rings. The summed E-state index contributed by atoms with van der Waals surface area (Å²) in [5.74, 6) is 0.365. The molecule has 16 heavy (non-hydrogen) atoms. The molecule has 2 aromatic heterocycles. The number of nitrogens with one attached hydrogen (secondary N) is 1. The van der Waals surface area contributed by atoms with Crippen molar-refractivity contribution < 1.29 is 13.5 Å². The monoisotopic (exact) mass is 245 g/mol. The molecule has 0 spiro atoms. The number of alkyl halides is 2. The Hall–Kier alpha value is -1.50. The van der Waals surface area contributed by atoms with Crippen molar-refractivity contribution in [2.75, 3.05) is 7.11 Å². The first-order valence-electron chi connectivity index (χ1n) is 4.53. The summed E-state index contributed by atoms with van der Waals surface area (Å²) in [7, 11) is 1.47. The van der Waals surface area contributed by atoms with Gasteiger partial charge in [-0.3, -0.25) is 4.57 Å². The summed E-state index contributed by atoms with van der Waals surface area (Å²) in [5, 5.41) is 0. The maximum atomic E-state index is 12.3. The van der Waals surface area contributed by atoms with Crippen molar-refractivity contribution in [3.63, 3.8) is 0 Å². The highest BCUT2D eigenvalue weighted by atomic mass is 32.1.